The van der Waals surface area contributed by atoms with E-state index in [-0.39, 0.29) is 11.9 Å². The van der Waals surface area contributed by atoms with Crippen molar-refractivity contribution in [1.29, 1.82) is 0 Å². The van der Waals surface area contributed by atoms with Crippen molar-refractivity contribution in [2.75, 3.05) is 18.4 Å². The second-order valence-corrected chi connectivity index (χ2v) is 7.26. The van der Waals surface area contributed by atoms with Gasteiger partial charge in [-0.1, -0.05) is 12.1 Å². The van der Waals surface area contributed by atoms with Gasteiger partial charge < -0.3 is 5.32 Å². The maximum absolute atomic E-state index is 12.6. The van der Waals surface area contributed by atoms with E-state index < -0.39 is 0 Å². The molecule has 1 saturated heterocycles. The molecule has 1 aromatic carbocycles. The fraction of sp³-hybridized carbons (Fsp3) is 0.444. The van der Waals surface area contributed by atoms with Gasteiger partial charge in [-0.05, 0) is 50.3 Å². The molecule has 1 N–H and O–H groups in total. The number of amides is 1. The number of thiazole rings is 1. The molecule has 1 amide bonds. The fourth-order valence-electron chi connectivity index (χ4n) is 3.28. The number of anilines is 1. The van der Waals surface area contributed by atoms with Crippen molar-refractivity contribution in [3.05, 3.63) is 35.2 Å². The van der Waals surface area contributed by atoms with E-state index in [9.17, 15) is 4.79 Å². The zero-order valence-electron chi connectivity index (χ0n) is 13.1. The molecule has 120 valence electrons. The number of rotatable bonds is 5. The molecule has 0 unspecified atom stereocenters. The number of benzene rings is 1. The van der Waals surface area contributed by atoms with Gasteiger partial charge in [0.1, 0.15) is 0 Å². The quantitative estimate of drug-likeness (QED) is 0.912. The molecule has 0 radical (unpaired) electrons. The first-order chi connectivity index (χ1) is 11.3. The predicted molar refractivity (Wildman–Crippen MR) is 93.5 cm³/mol. The first-order valence-corrected chi connectivity index (χ1v) is 9.27. The normalized spacial score (nSPS) is 21.5. The van der Waals surface area contributed by atoms with Crippen LogP contribution in [0.5, 0.6) is 0 Å². The van der Waals surface area contributed by atoms with E-state index in [1.165, 1.54) is 12.8 Å². The van der Waals surface area contributed by atoms with Crippen LogP contribution in [-0.4, -0.2) is 34.9 Å². The number of carbonyl (C=O) groups is 1. The Morgan fingerprint density at radius 3 is 2.78 bits per heavy atom. The standard InChI is InChI=1S/C18H21N3OS/c22-18(17-2-1-9-21(17)10-13-3-4-13)20-15-7-5-14(6-8-15)16-11-23-12-19-16/h5-8,11-13,17H,1-4,9-10H2,(H,20,22)/t17-/m1/s1. The molecule has 1 atom stereocenters. The van der Waals surface area contributed by atoms with Crippen molar-refractivity contribution in [2.45, 2.75) is 31.7 Å². The second-order valence-electron chi connectivity index (χ2n) is 6.54. The monoisotopic (exact) mass is 327 g/mol. The molecule has 2 heterocycles. The number of hydrogen-bond donors (Lipinski definition) is 1. The van der Waals surface area contributed by atoms with Crippen LogP contribution in [0.4, 0.5) is 5.69 Å². The minimum Gasteiger partial charge on any atom is -0.325 e. The smallest absolute Gasteiger partial charge is 0.241 e. The molecule has 0 bridgehead atoms. The molecule has 2 aromatic rings. The summed E-state index contributed by atoms with van der Waals surface area (Å²) in [7, 11) is 0. The number of nitrogens with zero attached hydrogens (tertiary/aromatic N) is 2. The van der Waals surface area contributed by atoms with Crippen LogP contribution in [-0.2, 0) is 4.79 Å². The SMILES string of the molecule is O=C(Nc1ccc(-c2cscn2)cc1)[C@H]1CCCN1CC1CC1. The summed E-state index contributed by atoms with van der Waals surface area (Å²) in [5, 5.41) is 5.11. The van der Waals surface area contributed by atoms with Crippen LogP contribution in [0.2, 0.25) is 0 Å². The minimum atomic E-state index is 0.0498. The van der Waals surface area contributed by atoms with E-state index in [0.717, 1.165) is 48.8 Å². The summed E-state index contributed by atoms with van der Waals surface area (Å²) in [4.78, 5) is 19.3. The molecule has 5 heteroatoms. The molecule has 1 saturated carbocycles. The lowest BCUT2D eigenvalue weighted by Gasteiger charge is -2.23. The molecule has 4 nitrogen and oxygen atoms in total. The van der Waals surface area contributed by atoms with Crippen molar-refractivity contribution < 1.29 is 4.79 Å². The average molecular weight is 327 g/mol. The van der Waals surface area contributed by atoms with E-state index >= 15 is 0 Å². The number of carbonyl (C=O) groups excluding carboxylic acids is 1. The summed E-state index contributed by atoms with van der Waals surface area (Å²) < 4.78 is 0. The lowest BCUT2D eigenvalue weighted by atomic mass is 10.1. The Bertz CT molecular complexity index is 664. The zero-order chi connectivity index (χ0) is 15.6. The maximum atomic E-state index is 12.6. The van der Waals surface area contributed by atoms with Gasteiger partial charge in [0, 0.05) is 23.2 Å². The zero-order valence-corrected chi connectivity index (χ0v) is 13.9. The first-order valence-electron chi connectivity index (χ1n) is 8.33. The lowest BCUT2D eigenvalue weighted by Crippen LogP contribution is -2.40. The van der Waals surface area contributed by atoms with Crippen LogP contribution in [0, 0.1) is 5.92 Å². The van der Waals surface area contributed by atoms with Crippen molar-refractivity contribution in [3.63, 3.8) is 0 Å². The van der Waals surface area contributed by atoms with Gasteiger partial charge in [-0.2, -0.15) is 0 Å². The van der Waals surface area contributed by atoms with Crippen LogP contribution in [0.25, 0.3) is 11.3 Å². The Kier molecular flexibility index (Phi) is 4.14. The van der Waals surface area contributed by atoms with Gasteiger partial charge in [-0.3, -0.25) is 9.69 Å². The van der Waals surface area contributed by atoms with E-state index in [1.807, 2.05) is 35.2 Å². The summed E-state index contributed by atoms with van der Waals surface area (Å²) in [5.41, 5.74) is 4.77. The topological polar surface area (TPSA) is 45.2 Å². The number of aromatic nitrogens is 1. The maximum Gasteiger partial charge on any atom is 0.241 e. The number of likely N-dealkylation sites (tertiary alicyclic amines) is 1. The van der Waals surface area contributed by atoms with Gasteiger partial charge in [0.25, 0.3) is 0 Å². The molecule has 2 fully saturated rings. The predicted octanol–water partition coefficient (Wildman–Crippen LogP) is 3.62. The van der Waals surface area contributed by atoms with Crippen molar-refractivity contribution >= 4 is 22.9 Å². The molecule has 1 aromatic heterocycles. The van der Waals surface area contributed by atoms with Crippen LogP contribution < -0.4 is 5.32 Å². The summed E-state index contributed by atoms with van der Waals surface area (Å²) in [6, 6.07) is 8.01. The third kappa shape index (κ3) is 3.46. The Morgan fingerprint density at radius 1 is 1.26 bits per heavy atom. The van der Waals surface area contributed by atoms with Gasteiger partial charge in [-0.15, -0.1) is 11.3 Å². The number of nitrogens with one attached hydrogen (secondary N) is 1. The first kappa shape index (κ1) is 14.8. The van der Waals surface area contributed by atoms with Gasteiger partial charge in [0.2, 0.25) is 5.91 Å². The van der Waals surface area contributed by atoms with Crippen molar-refractivity contribution in [1.82, 2.24) is 9.88 Å². The lowest BCUT2D eigenvalue weighted by molar-refractivity contribution is -0.120. The van der Waals surface area contributed by atoms with Crippen LogP contribution >= 0.6 is 11.3 Å². The van der Waals surface area contributed by atoms with E-state index in [1.54, 1.807) is 11.3 Å². The van der Waals surface area contributed by atoms with E-state index in [4.69, 9.17) is 0 Å². The van der Waals surface area contributed by atoms with E-state index in [2.05, 4.69) is 15.2 Å². The van der Waals surface area contributed by atoms with Gasteiger partial charge >= 0.3 is 0 Å². The highest BCUT2D eigenvalue weighted by Gasteiger charge is 2.34. The number of hydrogen-bond acceptors (Lipinski definition) is 4. The molecule has 1 aliphatic heterocycles. The van der Waals surface area contributed by atoms with Gasteiger partial charge in [-0.25, -0.2) is 4.98 Å². The third-order valence-electron chi connectivity index (χ3n) is 4.74. The van der Waals surface area contributed by atoms with Crippen molar-refractivity contribution in [3.8, 4) is 11.3 Å². The van der Waals surface area contributed by atoms with E-state index in [0.29, 0.717) is 0 Å². The highest BCUT2D eigenvalue weighted by atomic mass is 32.1. The molecule has 1 aliphatic carbocycles. The minimum absolute atomic E-state index is 0.0498. The highest BCUT2D eigenvalue weighted by Crippen LogP contribution is 2.32. The third-order valence-corrected chi connectivity index (χ3v) is 5.32. The van der Waals surface area contributed by atoms with Crippen LogP contribution in [0.15, 0.2) is 35.2 Å². The summed E-state index contributed by atoms with van der Waals surface area (Å²) >= 11 is 1.59. The second kappa shape index (κ2) is 6.42. The van der Waals surface area contributed by atoms with Gasteiger partial charge in [0.05, 0.1) is 17.2 Å². The summed E-state index contributed by atoms with van der Waals surface area (Å²) in [6.45, 7) is 2.16. The Labute approximate surface area is 140 Å². The fourth-order valence-corrected chi connectivity index (χ4v) is 3.84. The average Bonchev–Trinajstić information content (AvgIpc) is 3.04. The summed E-state index contributed by atoms with van der Waals surface area (Å²) in [5.74, 6) is 0.977. The Morgan fingerprint density at radius 2 is 2.09 bits per heavy atom. The molecule has 0 spiro atoms. The largest absolute Gasteiger partial charge is 0.325 e. The molecular formula is C18H21N3OS. The highest BCUT2D eigenvalue weighted by molar-refractivity contribution is 7.07. The molecular weight excluding hydrogens is 306 g/mol. The van der Waals surface area contributed by atoms with Crippen LogP contribution in [0.3, 0.4) is 0 Å². The molecule has 4 rings (SSSR count). The molecule has 2 aliphatic rings. The molecule has 23 heavy (non-hydrogen) atoms. The summed E-state index contributed by atoms with van der Waals surface area (Å²) in [6.07, 6.45) is 4.79. The van der Waals surface area contributed by atoms with Crippen molar-refractivity contribution in [2.24, 2.45) is 5.92 Å². The Balaban J connectivity index is 1.39. The Hall–Kier alpha value is -1.72. The van der Waals surface area contributed by atoms with Crippen LogP contribution in [0.1, 0.15) is 25.7 Å². The van der Waals surface area contributed by atoms with Gasteiger partial charge in [0.15, 0.2) is 0 Å².